The second kappa shape index (κ2) is 8.51. The average Bonchev–Trinajstić information content (AvgIpc) is 3.44. The standard InChI is InChI=1S/C23H23N5O3S/c1-15(2)28-14-24-27-23(28)21-6-4-5-17(25-21)13-22(29)20-12-11-19(26-20)16-7-9-18(10-8-16)32(3,30)31/h4-12,14-15,26H,13H2,1-3H3. The molecule has 0 aliphatic heterocycles. The van der Waals surface area contributed by atoms with Crippen LogP contribution in [-0.4, -0.2) is 45.2 Å². The number of ketones is 1. The summed E-state index contributed by atoms with van der Waals surface area (Å²) in [7, 11) is -3.25. The molecule has 0 amide bonds. The van der Waals surface area contributed by atoms with Crippen LogP contribution in [0.5, 0.6) is 0 Å². The Kier molecular flexibility index (Phi) is 5.75. The van der Waals surface area contributed by atoms with E-state index in [9.17, 15) is 13.2 Å². The van der Waals surface area contributed by atoms with Crippen molar-refractivity contribution in [2.75, 3.05) is 6.26 Å². The Morgan fingerprint density at radius 3 is 2.50 bits per heavy atom. The highest BCUT2D eigenvalue weighted by atomic mass is 32.2. The lowest BCUT2D eigenvalue weighted by Gasteiger charge is -2.10. The molecule has 32 heavy (non-hydrogen) atoms. The molecular formula is C23H23N5O3S. The Hall–Kier alpha value is -3.59. The van der Waals surface area contributed by atoms with Crippen molar-refractivity contribution in [3.05, 3.63) is 72.3 Å². The molecule has 1 aromatic carbocycles. The minimum atomic E-state index is -3.25. The summed E-state index contributed by atoms with van der Waals surface area (Å²) in [6.45, 7) is 4.08. The fraction of sp³-hybridized carbons (Fsp3) is 0.217. The maximum absolute atomic E-state index is 12.8. The van der Waals surface area contributed by atoms with Gasteiger partial charge in [-0.2, -0.15) is 0 Å². The SMILES string of the molecule is CC(C)n1cnnc1-c1cccc(CC(=O)c2ccc(-c3ccc(S(C)(=O)=O)cc3)[nH]2)n1. The van der Waals surface area contributed by atoms with Gasteiger partial charge in [0.2, 0.25) is 0 Å². The normalized spacial score (nSPS) is 11.8. The molecule has 0 bridgehead atoms. The van der Waals surface area contributed by atoms with Gasteiger partial charge in [0, 0.05) is 23.7 Å². The summed E-state index contributed by atoms with van der Waals surface area (Å²) in [5, 5.41) is 8.14. The molecule has 0 spiro atoms. The van der Waals surface area contributed by atoms with Crippen molar-refractivity contribution in [3.63, 3.8) is 0 Å². The zero-order valence-corrected chi connectivity index (χ0v) is 18.8. The summed E-state index contributed by atoms with van der Waals surface area (Å²) in [5.41, 5.74) is 3.30. The van der Waals surface area contributed by atoms with Crippen molar-refractivity contribution in [2.45, 2.75) is 31.2 Å². The smallest absolute Gasteiger partial charge is 0.184 e. The Balaban J connectivity index is 1.52. The van der Waals surface area contributed by atoms with Gasteiger partial charge < -0.3 is 9.55 Å². The number of carbonyl (C=O) groups is 1. The van der Waals surface area contributed by atoms with Crippen LogP contribution in [0.1, 0.15) is 36.1 Å². The van der Waals surface area contributed by atoms with Gasteiger partial charge in [0.15, 0.2) is 21.4 Å². The summed E-state index contributed by atoms with van der Waals surface area (Å²) in [6.07, 6.45) is 2.97. The minimum absolute atomic E-state index is 0.0982. The molecule has 3 aromatic heterocycles. The van der Waals surface area contributed by atoms with Crippen molar-refractivity contribution >= 4 is 15.6 Å². The number of aromatic amines is 1. The number of sulfone groups is 1. The molecule has 0 aliphatic rings. The van der Waals surface area contributed by atoms with Gasteiger partial charge in [-0.05, 0) is 55.8 Å². The Bertz CT molecular complexity index is 1370. The fourth-order valence-electron chi connectivity index (χ4n) is 3.37. The number of nitrogens with one attached hydrogen (secondary N) is 1. The lowest BCUT2D eigenvalue weighted by Crippen LogP contribution is -2.07. The van der Waals surface area contributed by atoms with Gasteiger partial charge >= 0.3 is 0 Å². The van der Waals surface area contributed by atoms with Crippen LogP contribution >= 0.6 is 0 Å². The first kappa shape index (κ1) is 21.6. The van der Waals surface area contributed by atoms with Gasteiger partial charge in [0.1, 0.15) is 12.0 Å². The monoisotopic (exact) mass is 449 g/mol. The molecule has 0 saturated carbocycles. The number of rotatable bonds is 7. The Morgan fingerprint density at radius 1 is 1.06 bits per heavy atom. The molecule has 0 aliphatic carbocycles. The van der Waals surface area contributed by atoms with Crippen molar-refractivity contribution in [2.24, 2.45) is 0 Å². The van der Waals surface area contributed by atoms with Crippen molar-refractivity contribution in [3.8, 4) is 22.8 Å². The zero-order valence-electron chi connectivity index (χ0n) is 18.0. The highest BCUT2D eigenvalue weighted by Crippen LogP contribution is 2.22. The molecular weight excluding hydrogens is 426 g/mol. The van der Waals surface area contributed by atoms with Crippen molar-refractivity contribution in [1.82, 2.24) is 24.7 Å². The summed E-state index contributed by atoms with van der Waals surface area (Å²) in [5.74, 6) is 0.563. The molecule has 0 atom stereocenters. The van der Waals surface area contributed by atoms with Crippen LogP contribution in [0.25, 0.3) is 22.8 Å². The van der Waals surface area contributed by atoms with Crippen LogP contribution in [0.2, 0.25) is 0 Å². The number of benzene rings is 1. The number of Topliss-reactive ketones (excluding diaryl/α,β-unsaturated/α-hetero) is 1. The number of hydrogen-bond donors (Lipinski definition) is 1. The molecule has 4 rings (SSSR count). The summed E-state index contributed by atoms with van der Waals surface area (Å²) in [4.78, 5) is 20.8. The number of hydrogen-bond acceptors (Lipinski definition) is 6. The lowest BCUT2D eigenvalue weighted by atomic mass is 10.1. The van der Waals surface area contributed by atoms with Gasteiger partial charge in [-0.1, -0.05) is 18.2 Å². The molecule has 8 nitrogen and oxygen atoms in total. The molecule has 164 valence electrons. The molecule has 3 heterocycles. The molecule has 0 fully saturated rings. The third-order valence-corrected chi connectivity index (χ3v) is 6.22. The summed E-state index contributed by atoms with van der Waals surface area (Å²) in [6, 6.07) is 15.8. The van der Waals surface area contributed by atoms with E-state index < -0.39 is 9.84 Å². The highest BCUT2D eigenvalue weighted by molar-refractivity contribution is 7.90. The quantitative estimate of drug-likeness (QED) is 0.430. The Morgan fingerprint density at radius 2 is 1.81 bits per heavy atom. The molecule has 9 heteroatoms. The van der Waals surface area contributed by atoms with Crippen LogP contribution < -0.4 is 0 Å². The fourth-order valence-corrected chi connectivity index (χ4v) is 4.00. The van der Waals surface area contributed by atoms with E-state index in [2.05, 4.69) is 20.2 Å². The van der Waals surface area contributed by atoms with Crippen molar-refractivity contribution in [1.29, 1.82) is 0 Å². The molecule has 1 N–H and O–H groups in total. The van der Waals surface area contributed by atoms with E-state index in [1.54, 1.807) is 42.7 Å². The van der Waals surface area contributed by atoms with E-state index in [1.165, 1.54) is 6.26 Å². The van der Waals surface area contributed by atoms with Crippen molar-refractivity contribution < 1.29 is 13.2 Å². The molecule has 0 radical (unpaired) electrons. The van der Waals surface area contributed by atoms with Gasteiger partial charge in [-0.25, -0.2) is 13.4 Å². The largest absolute Gasteiger partial charge is 0.352 e. The van der Waals surface area contributed by atoms with Gasteiger partial charge in [-0.3, -0.25) is 4.79 Å². The molecule has 4 aromatic rings. The lowest BCUT2D eigenvalue weighted by molar-refractivity contribution is 0.0988. The average molecular weight is 450 g/mol. The second-order valence-corrected chi connectivity index (χ2v) is 9.87. The first-order valence-electron chi connectivity index (χ1n) is 10.1. The third kappa shape index (κ3) is 4.52. The molecule has 0 unspecified atom stereocenters. The van der Waals surface area contributed by atoms with Gasteiger partial charge in [0.05, 0.1) is 17.0 Å². The van der Waals surface area contributed by atoms with Crippen LogP contribution in [0.4, 0.5) is 0 Å². The van der Waals surface area contributed by atoms with Crippen LogP contribution in [0.15, 0.2) is 65.8 Å². The van der Waals surface area contributed by atoms with Crippen LogP contribution in [0, 0.1) is 0 Å². The first-order valence-corrected chi connectivity index (χ1v) is 12.0. The van der Waals surface area contributed by atoms with E-state index in [-0.39, 0.29) is 23.1 Å². The number of H-pyrrole nitrogens is 1. The topological polar surface area (TPSA) is 111 Å². The van der Waals surface area contributed by atoms with E-state index >= 15 is 0 Å². The summed E-state index contributed by atoms with van der Waals surface area (Å²) < 4.78 is 25.2. The number of carbonyl (C=O) groups excluding carboxylic acids is 1. The van der Waals surface area contributed by atoms with Gasteiger partial charge in [0.25, 0.3) is 0 Å². The van der Waals surface area contributed by atoms with Crippen LogP contribution in [-0.2, 0) is 16.3 Å². The predicted octanol–water partition coefficient (Wildman–Crippen LogP) is 3.75. The van der Waals surface area contributed by atoms with E-state index in [0.29, 0.717) is 22.9 Å². The number of aromatic nitrogens is 5. The minimum Gasteiger partial charge on any atom is -0.352 e. The maximum atomic E-state index is 12.8. The number of nitrogens with zero attached hydrogens (tertiary/aromatic N) is 4. The summed E-state index contributed by atoms with van der Waals surface area (Å²) >= 11 is 0. The third-order valence-electron chi connectivity index (χ3n) is 5.09. The van der Waals surface area contributed by atoms with E-state index in [1.807, 2.05) is 36.6 Å². The van der Waals surface area contributed by atoms with Crippen LogP contribution in [0.3, 0.4) is 0 Å². The Labute approximate surface area is 186 Å². The predicted molar refractivity (Wildman–Crippen MR) is 121 cm³/mol. The maximum Gasteiger partial charge on any atom is 0.184 e. The van der Waals surface area contributed by atoms with E-state index in [0.717, 1.165) is 11.3 Å². The molecule has 0 saturated heterocycles. The zero-order chi connectivity index (χ0) is 22.9. The number of pyridine rings is 1. The second-order valence-electron chi connectivity index (χ2n) is 7.85. The highest BCUT2D eigenvalue weighted by Gasteiger charge is 2.15. The van der Waals surface area contributed by atoms with Gasteiger partial charge in [-0.15, -0.1) is 10.2 Å². The van der Waals surface area contributed by atoms with E-state index in [4.69, 9.17) is 0 Å². The first-order chi connectivity index (χ1) is 15.2.